The molecule has 2 N–H and O–H groups in total. The summed E-state index contributed by atoms with van der Waals surface area (Å²) in [5, 5.41) is 5.76. The zero-order valence-electron chi connectivity index (χ0n) is 17.8. The van der Waals surface area contributed by atoms with Crippen molar-refractivity contribution >= 4 is 46.2 Å². The highest BCUT2D eigenvalue weighted by Gasteiger charge is 2.33. The van der Waals surface area contributed by atoms with E-state index in [1.54, 1.807) is 36.5 Å². The number of thioether (sulfide) groups is 1. The number of pyridine rings is 1. The maximum Gasteiger partial charge on any atom is 0.262 e. The number of nitrogens with zero attached hydrogens (tertiary/aromatic N) is 3. The number of benzene rings is 1. The molecule has 3 amide bonds. The minimum Gasteiger partial charge on any atom is -0.351 e. The molecule has 1 atom stereocenters. The molecule has 2 aromatic rings. The maximum atomic E-state index is 12.6. The van der Waals surface area contributed by atoms with Gasteiger partial charge in [0.15, 0.2) is 5.17 Å². The third-order valence-electron chi connectivity index (χ3n) is 5.29. The van der Waals surface area contributed by atoms with Gasteiger partial charge in [0.25, 0.3) is 11.8 Å². The second-order valence-electron chi connectivity index (χ2n) is 7.89. The van der Waals surface area contributed by atoms with E-state index in [1.165, 1.54) is 18.2 Å². The van der Waals surface area contributed by atoms with Crippen LogP contribution in [0.25, 0.3) is 0 Å². The van der Waals surface area contributed by atoms with Gasteiger partial charge in [0.05, 0.1) is 0 Å². The number of aromatic nitrogens is 1. The van der Waals surface area contributed by atoms with Gasteiger partial charge < -0.3 is 15.5 Å². The molecule has 9 heteroatoms. The first-order valence-corrected chi connectivity index (χ1v) is 11.5. The number of carbonyl (C=O) groups excluding carboxylic acids is 3. The molecule has 0 unspecified atom stereocenters. The predicted octanol–water partition coefficient (Wildman–Crippen LogP) is 3.45. The summed E-state index contributed by atoms with van der Waals surface area (Å²) >= 11 is 1.37. The lowest BCUT2D eigenvalue weighted by Gasteiger charge is -2.27. The second-order valence-corrected chi connectivity index (χ2v) is 9.06. The lowest BCUT2D eigenvalue weighted by atomic mass is 10.1. The summed E-state index contributed by atoms with van der Waals surface area (Å²) in [5.74, 6) is -0.403. The van der Waals surface area contributed by atoms with E-state index >= 15 is 0 Å². The van der Waals surface area contributed by atoms with Crippen molar-refractivity contribution in [3.63, 3.8) is 0 Å². The average molecular weight is 452 g/mol. The monoisotopic (exact) mass is 451 g/mol. The molecule has 32 heavy (non-hydrogen) atoms. The Bertz CT molecular complexity index is 1070. The Balaban J connectivity index is 1.33. The summed E-state index contributed by atoms with van der Waals surface area (Å²) in [6, 6.07) is 10.3. The molecule has 1 fully saturated rings. The molecule has 1 saturated heterocycles. The van der Waals surface area contributed by atoms with Gasteiger partial charge in [0.1, 0.15) is 11.1 Å². The van der Waals surface area contributed by atoms with E-state index in [0.717, 1.165) is 36.7 Å². The Morgan fingerprint density at radius 3 is 2.72 bits per heavy atom. The average Bonchev–Trinajstić information content (AvgIpc) is 3.14. The standard InChI is InChI=1S/C23H25N5O3S/c1-15-8-9-24-19(12-15)26-21(30)16-6-5-7-17(13-16)25-20(29)14-18-22(31)27-23(32-18)28-10-3-2-4-11-28/h5-9,12-13,18H,2-4,10-11,14H2,1H3,(H,25,29)(H,24,26,30)/t18-/m1/s1. The molecule has 2 aliphatic heterocycles. The van der Waals surface area contributed by atoms with Crippen LogP contribution in [-0.2, 0) is 9.59 Å². The van der Waals surface area contributed by atoms with E-state index in [1.807, 2.05) is 13.0 Å². The van der Waals surface area contributed by atoms with Gasteiger partial charge in [-0.25, -0.2) is 4.98 Å². The van der Waals surface area contributed by atoms with E-state index in [0.29, 0.717) is 17.1 Å². The number of carbonyl (C=O) groups is 3. The molecule has 0 spiro atoms. The fourth-order valence-corrected chi connectivity index (χ4v) is 4.76. The highest BCUT2D eigenvalue weighted by molar-refractivity contribution is 8.15. The van der Waals surface area contributed by atoms with Crippen molar-refractivity contribution in [3.8, 4) is 0 Å². The third-order valence-corrected chi connectivity index (χ3v) is 6.50. The van der Waals surface area contributed by atoms with E-state index in [-0.39, 0.29) is 24.1 Å². The molecule has 0 bridgehead atoms. The van der Waals surface area contributed by atoms with Crippen LogP contribution in [0.3, 0.4) is 0 Å². The number of piperidine rings is 1. The van der Waals surface area contributed by atoms with Crippen LogP contribution in [0.5, 0.6) is 0 Å². The zero-order chi connectivity index (χ0) is 22.5. The van der Waals surface area contributed by atoms with Crippen LogP contribution in [0.2, 0.25) is 0 Å². The fourth-order valence-electron chi connectivity index (χ4n) is 3.64. The van der Waals surface area contributed by atoms with Crippen molar-refractivity contribution in [2.75, 3.05) is 23.7 Å². The molecule has 1 aromatic heterocycles. The molecule has 166 valence electrons. The van der Waals surface area contributed by atoms with Crippen molar-refractivity contribution in [1.29, 1.82) is 0 Å². The van der Waals surface area contributed by atoms with Gasteiger partial charge in [-0.05, 0) is 62.1 Å². The van der Waals surface area contributed by atoms with Crippen molar-refractivity contribution in [3.05, 3.63) is 53.7 Å². The number of hydrogen-bond donors (Lipinski definition) is 2. The minimum absolute atomic E-state index is 0.0357. The van der Waals surface area contributed by atoms with E-state index in [4.69, 9.17) is 0 Å². The first-order valence-electron chi connectivity index (χ1n) is 10.7. The summed E-state index contributed by atoms with van der Waals surface area (Å²) in [6.45, 7) is 3.73. The summed E-state index contributed by atoms with van der Waals surface area (Å²) in [7, 11) is 0. The third kappa shape index (κ3) is 5.53. The number of rotatable bonds is 5. The van der Waals surface area contributed by atoms with Gasteiger partial charge in [-0.1, -0.05) is 17.8 Å². The Hall–Kier alpha value is -3.20. The molecular weight excluding hydrogens is 426 g/mol. The number of likely N-dealkylation sites (tertiary alicyclic amines) is 1. The number of amides is 3. The Kier molecular flexibility index (Phi) is 6.84. The number of anilines is 2. The van der Waals surface area contributed by atoms with Crippen LogP contribution in [0, 0.1) is 6.92 Å². The van der Waals surface area contributed by atoms with Crippen LogP contribution in [0.15, 0.2) is 47.6 Å². The molecule has 3 heterocycles. The molecule has 8 nitrogen and oxygen atoms in total. The highest BCUT2D eigenvalue weighted by Crippen LogP contribution is 2.29. The number of hydrogen-bond acceptors (Lipinski definition) is 6. The Morgan fingerprint density at radius 2 is 1.94 bits per heavy atom. The lowest BCUT2D eigenvalue weighted by molar-refractivity contribution is -0.121. The van der Waals surface area contributed by atoms with Gasteiger partial charge in [-0.3, -0.25) is 14.4 Å². The smallest absolute Gasteiger partial charge is 0.262 e. The highest BCUT2D eigenvalue weighted by atomic mass is 32.2. The minimum atomic E-state index is -0.509. The molecule has 4 rings (SSSR count). The van der Waals surface area contributed by atoms with Gasteiger partial charge in [0.2, 0.25) is 5.91 Å². The number of amidine groups is 1. The second kappa shape index (κ2) is 9.95. The Labute approximate surface area is 190 Å². The molecule has 0 saturated carbocycles. The van der Waals surface area contributed by atoms with Crippen LogP contribution in [0.4, 0.5) is 11.5 Å². The van der Waals surface area contributed by atoms with Crippen molar-refractivity contribution in [2.45, 2.75) is 37.9 Å². The quantitative estimate of drug-likeness (QED) is 0.722. The van der Waals surface area contributed by atoms with Crippen molar-refractivity contribution in [2.24, 2.45) is 4.99 Å². The van der Waals surface area contributed by atoms with Gasteiger partial charge in [-0.15, -0.1) is 0 Å². The molecule has 0 radical (unpaired) electrons. The maximum absolute atomic E-state index is 12.6. The summed E-state index contributed by atoms with van der Waals surface area (Å²) in [5.41, 5.74) is 1.88. The van der Waals surface area contributed by atoms with Gasteiger partial charge in [-0.2, -0.15) is 4.99 Å². The summed E-state index contributed by atoms with van der Waals surface area (Å²) in [6.07, 6.45) is 5.07. The summed E-state index contributed by atoms with van der Waals surface area (Å²) in [4.78, 5) is 47.8. The molecular formula is C23H25N5O3S. The summed E-state index contributed by atoms with van der Waals surface area (Å²) < 4.78 is 0. The van der Waals surface area contributed by atoms with Crippen LogP contribution in [0.1, 0.15) is 41.6 Å². The van der Waals surface area contributed by atoms with Crippen LogP contribution < -0.4 is 10.6 Å². The normalized spacial score (nSPS) is 18.3. The zero-order valence-corrected chi connectivity index (χ0v) is 18.7. The van der Waals surface area contributed by atoms with Crippen LogP contribution in [-0.4, -0.2) is 51.1 Å². The SMILES string of the molecule is Cc1ccnc(NC(=O)c2cccc(NC(=O)C[C@H]3SC(N4CCCCC4)=NC3=O)c2)c1. The van der Waals surface area contributed by atoms with Crippen molar-refractivity contribution < 1.29 is 14.4 Å². The fraction of sp³-hybridized carbons (Fsp3) is 0.348. The lowest BCUT2D eigenvalue weighted by Crippen LogP contribution is -2.33. The molecule has 2 aliphatic rings. The van der Waals surface area contributed by atoms with E-state index in [9.17, 15) is 14.4 Å². The Morgan fingerprint density at radius 1 is 1.12 bits per heavy atom. The first kappa shape index (κ1) is 22.0. The van der Waals surface area contributed by atoms with E-state index in [2.05, 4.69) is 25.5 Å². The van der Waals surface area contributed by atoms with Gasteiger partial charge >= 0.3 is 0 Å². The van der Waals surface area contributed by atoms with Crippen LogP contribution >= 0.6 is 11.8 Å². The van der Waals surface area contributed by atoms with E-state index < -0.39 is 5.25 Å². The topological polar surface area (TPSA) is 104 Å². The first-order chi connectivity index (χ1) is 15.5. The number of aliphatic imine (C=N–C) groups is 1. The van der Waals surface area contributed by atoms with Crippen molar-refractivity contribution in [1.82, 2.24) is 9.88 Å². The predicted molar refractivity (Wildman–Crippen MR) is 126 cm³/mol. The molecule has 0 aliphatic carbocycles. The number of nitrogens with one attached hydrogen (secondary N) is 2. The number of aryl methyl sites for hydroxylation is 1. The van der Waals surface area contributed by atoms with Gasteiger partial charge in [0, 0.05) is 37.0 Å². The molecule has 1 aromatic carbocycles. The largest absolute Gasteiger partial charge is 0.351 e.